The van der Waals surface area contributed by atoms with E-state index < -0.39 is 0 Å². The minimum Gasteiger partial charge on any atom is -0.379 e. The smallest absolute Gasteiger partial charge is 0.0620 e. The second kappa shape index (κ2) is 8.80. The fourth-order valence-corrected chi connectivity index (χ4v) is 4.83. The van der Waals surface area contributed by atoms with Gasteiger partial charge < -0.3 is 15.4 Å². The van der Waals surface area contributed by atoms with Crippen LogP contribution in [0.4, 0.5) is 0 Å². The molecule has 134 valence electrons. The van der Waals surface area contributed by atoms with Gasteiger partial charge in [-0.2, -0.15) is 0 Å². The largest absolute Gasteiger partial charge is 0.379 e. The van der Waals surface area contributed by atoms with E-state index in [1.54, 1.807) is 0 Å². The lowest BCUT2D eigenvalue weighted by molar-refractivity contribution is 0.0299. The van der Waals surface area contributed by atoms with Crippen LogP contribution in [-0.2, 0) is 4.74 Å². The topological polar surface area (TPSA) is 36.5 Å². The van der Waals surface area contributed by atoms with Crippen LogP contribution in [0.15, 0.2) is 0 Å². The van der Waals surface area contributed by atoms with Crippen molar-refractivity contribution in [2.45, 2.75) is 82.3 Å². The van der Waals surface area contributed by atoms with Crippen LogP contribution >= 0.6 is 0 Å². The van der Waals surface area contributed by atoms with E-state index in [0.29, 0.717) is 17.6 Å². The van der Waals surface area contributed by atoms with E-state index in [2.05, 4.69) is 22.5 Å². The number of nitrogens with zero attached hydrogens (tertiary/aromatic N) is 1. The van der Waals surface area contributed by atoms with Gasteiger partial charge in [0.25, 0.3) is 0 Å². The number of hydrogen-bond donors (Lipinski definition) is 2. The predicted octanol–water partition coefficient (Wildman–Crippen LogP) is 2.53. The summed E-state index contributed by atoms with van der Waals surface area (Å²) in [6.07, 6.45) is 12.5. The molecule has 3 fully saturated rings. The van der Waals surface area contributed by atoms with Crippen molar-refractivity contribution < 1.29 is 4.74 Å². The zero-order valence-electron chi connectivity index (χ0n) is 15.1. The summed E-state index contributed by atoms with van der Waals surface area (Å²) in [5.41, 5.74) is 0.448. The molecule has 2 heterocycles. The van der Waals surface area contributed by atoms with E-state index in [9.17, 15) is 0 Å². The molecule has 4 heteroatoms. The molecule has 3 rings (SSSR count). The summed E-state index contributed by atoms with van der Waals surface area (Å²) in [7, 11) is 0. The number of nitrogens with one attached hydrogen (secondary N) is 2. The van der Waals surface area contributed by atoms with Crippen molar-refractivity contribution in [1.29, 1.82) is 0 Å². The van der Waals surface area contributed by atoms with Crippen molar-refractivity contribution in [2.75, 3.05) is 39.4 Å². The lowest BCUT2D eigenvalue weighted by atomic mass is 9.79. The van der Waals surface area contributed by atoms with Crippen LogP contribution in [-0.4, -0.2) is 61.9 Å². The second-order valence-corrected chi connectivity index (χ2v) is 8.08. The summed E-state index contributed by atoms with van der Waals surface area (Å²) in [5, 5.41) is 7.49. The lowest BCUT2D eigenvalue weighted by Crippen LogP contribution is -2.58. The molecule has 23 heavy (non-hydrogen) atoms. The molecular formula is C19H37N3O. The summed E-state index contributed by atoms with van der Waals surface area (Å²) in [6, 6.07) is 1.10. The fraction of sp³-hybridized carbons (Fsp3) is 1.00. The molecule has 0 amide bonds. The first-order valence-corrected chi connectivity index (χ1v) is 10.1. The van der Waals surface area contributed by atoms with Gasteiger partial charge in [0.2, 0.25) is 0 Å². The van der Waals surface area contributed by atoms with Gasteiger partial charge in [-0.1, -0.05) is 25.7 Å². The number of ether oxygens (including phenoxy) is 1. The number of hydrogen-bond acceptors (Lipinski definition) is 4. The number of likely N-dealkylation sites (tertiary alicyclic amines) is 1. The minimum atomic E-state index is 0.448. The van der Waals surface area contributed by atoms with Gasteiger partial charge in [0, 0.05) is 30.7 Å². The number of morpholine rings is 1. The van der Waals surface area contributed by atoms with Crippen molar-refractivity contribution in [3.8, 4) is 0 Å². The summed E-state index contributed by atoms with van der Waals surface area (Å²) >= 11 is 0. The van der Waals surface area contributed by atoms with Gasteiger partial charge in [-0.15, -0.1) is 0 Å². The molecule has 2 atom stereocenters. The Hall–Kier alpha value is -0.160. The Morgan fingerprint density at radius 2 is 1.87 bits per heavy atom. The highest BCUT2D eigenvalue weighted by atomic mass is 16.5. The van der Waals surface area contributed by atoms with Crippen molar-refractivity contribution in [3.05, 3.63) is 0 Å². The van der Waals surface area contributed by atoms with Crippen LogP contribution in [0.25, 0.3) is 0 Å². The molecule has 0 radical (unpaired) electrons. The molecular weight excluding hydrogens is 286 g/mol. The summed E-state index contributed by atoms with van der Waals surface area (Å²) in [5.74, 6) is 0. The van der Waals surface area contributed by atoms with Gasteiger partial charge in [-0.3, -0.25) is 4.90 Å². The third-order valence-electron chi connectivity index (χ3n) is 6.23. The highest BCUT2D eigenvalue weighted by Crippen LogP contribution is 2.35. The first-order chi connectivity index (χ1) is 11.3. The molecule has 4 nitrogen and oxygen atoms in total. The highest BCUT2D eigenvalue weighted by molar-refractivity contribution is 4.96. The minimum absolute atomic E-state index is 0.448. The molecule has 2 unspecified atom stereocenters. The van der Waals surface area contributed by atoms with Gasteiger partial charge in [0.1, 0.15) is 0 Å². The Kier molecular flexibility index (Phi) is 6.75. The SMILES string of the molecule is CC(CC1COCCN1)NCC1(N2CCCCC2)CCCCC1. The molecule has 0 bridgehead atoms. The van der Waals surface area contributed by atoms with E-state index in [-0.39, 0.29) is 0 Å². The van der Waals surface area contributed by atoms with Gasteiger partial charge >= 0.3 is 0 Å². The third kappa shape index (κ3) is 4.91. The van der Waals surface area contributed by atoms with Gasteiger partial charge in [0.05, 0.1) is 13.2 Å². The molecule has 2 aliphatic heterocycles. The molecule has 0 aromatic heterocycles. The molecule has 0 aromatic carbocycles. The van der Waals surface area contributed by atoms with E-state index in [1.807, 2.05) is 0 Å². The first-order valence-electron chi connectivity index (χ1n) is 10.1. The Morgan fingerprint density at radius 3 is 2.57 bits per heavy atom. The van der Waals surface area contributed by atoms with Crippen LogP contribution in [0, 0.1) is 0 Å². The summed E-state index contributed by atoms with van der Waals surface area (Å²) < 4.78 is 5.59. The third-order valence-corrected chi connectivity index (χ3v) is 6.23. The Labute approximate surface area is 142 Å². The standard InChI is InChI=1S/C19H37N3O/c1-17(14-18-15-23-13-10-20-18)21-16-19(8-4-2-5-9-19)22-11-6-3-7-12-22/h17-18,20-21H,2-16H2,1H3. The molecule has 1 saturated carbocycles. The number of piperidine rings is 1. The maximum Gasteiger partial charge on any atom is 0.0620 e. The van der Waals surface area contributed by atoms with Crippen LogP contribution < -0.4 is 10.6 Å². The van der Waals surface area contributed by atoms with E-state index in [0.717, 1.165) is 19.8 Å². The van der Waals surface area contributed by atoms with Crippen LogP contribution in [0.3, 0.4) is 0 Å². The van der Waals surface area contributed by atoms with E-state index >= 15 is 0 Å². The lowest BCUT2D eigenvalue weighted by Gasteiger charge is -2.49. The zero-order chi connectivity index (χ0) is 16.0. The van der Waals surface area contributed by atoms with E-state index in [4.69, 9.17) is 4.74 Å². The Bertz CT molecular complexity index is 332. The fourth-order valence-electron chi connectivity index (χ4n) is 4.83. The monoisotopic (exact) mass is 323 g/mol. The predicted molar refractivity (Wildman–Crippen MR) is 95.9 cm³/mol. The van der Waals surface area contributed by atoms with Crippen molar-refractivity contribution in [3.63, 3.8) is 0 Å². The summed E-state index contributed by atoms with van der Waals surface area (Å²) in [6.45, 7) is 8.95. The summed E-state index contributed by atoms with van der Waals surface area (Å²) in [4.78, 5) is 2.84. The molecule has 1 aliphatic carbocycles. The molecule has 2 saturated heterocycles. The maximum absolute atomic E-state index is 5.59. The Balaban J connectivity index is 1.51. The highest BCUT2D eigenvalue weighted by Gasteiger charge is 2.38. The van der Waals surface area contributed by atoms with E-state index in [1.165, 1.54) is 77.4 Å². The molecule has 0 aromatic rings. The first kappa shape index (κ1) is 17.7. The quantitative estimate of drug-likeness (QED) is 0.787. The van der Waals surface area contributed by atoms with Gasteiger partial charge in [-0.05, 0) is 52.1 Å². The van der Waals surface area contributed by atoms with Gasteiger partial charge in [0.15, 0.2) is 0 Å². The second-order valence-electron chi connectivity index (χ2n) is 8.08. The average Bonchev–Trinajstić information content (AvgIpc) is 2.62. The zero-order valence-corrected chi connectivity index (χ0v) is 15.1. The van der Waals surface area contributed by atoms with Gasteiger partial charge in [-0.25, -0.2) is 0 Å². The van der Waals surface area contributed by atoms with Crippen molar-refractivity contribution in [1.82, 2.24) is 15.5 Å². The molecule has 0 spiro atoms. The molecule has 3 aliphatic rings. The normalized spacial score (nSPS) is 30.9. The molecule has 2 N–H and O–H groups in total. The van der Waals surface area contributed by atoms with Crippen molar-refractivity contribution in [2.24, 2.45) is 0 Å². The van der Waals surface area contributed by atoms with Crippen LogP contribution in [0.2, 0.25) is 0 Å². The average molecular weight is 324 g/mol. The van der Waals surface area contributed by atoms with Crippen LogP contribution in [0.1, 0.15) is 64.7 Å². The number of rotatable bonds is 6. The van der Waals surface area contributed by atoms with Crippen LogP contribution in [0.5, 0.6) is 0 Å². The van der Waals surface area contributed by atoms with Crippen molar-refractivity contribution >= 4 is 0 Å². The Morgan fingerprint density at radius 1 is 1.13 bits per heavy atom. The maximum atomic E-state index is 5.59.